The van der Waals surface area contributed by atoms with E-state index in [4.69, 9.17) is 9.97 Å². The number of benzene rings is 9. The first kappa shape index (κ1) is 36.3. The molecule has 0 N–H and O–H groups in total. The molecule has 12 rings (SSSR count). The second-order valence-corrected chi connectivity index (χ2v) is 15.8. The molecule has 0 atom stereocenters. The van der Waals surface area contributed by atoms with Gasteiger partial charge in [-0.25, -0.2) is 9.97 Å². The molecule has 5 heteroatoms. The number of hydrogen-bond acceptors (Lipinski definition) is 3. The standard InChI is InChI=1S/C58H39N5/c1-5-21-40(22-6-1)49-39-50(60-58(59-49)41-23-7-2-8-24-41)42-37-55(62-51-33-17-13-29-45(51)46-30-14-18-34-52(46)62)57(61(43-25-9-3-10-26-43)44-27-11-4-12-28-44)56(38-42)63-53-35-19-15-31-47(53)48-32-16-20-36-54(48)63/h1-39H. The van der Waals surface area contributed by atoms with Gasteiger partial charge in [0.05, 0.1) is 50.5 Å². The summed E-state index contributed by atoms with van der Waals surface area (Å²) in [5, 5.41) is 4.75. The molecule has 0 aliphatic rings. The van der Waals surface area contributed by atoms with E-state index in [-0.39, 0.29) is 0 Å². The van der Waals surface area contributed by atoms with Crippen molar-refractivity contribution in [1.29, 1.82) is 0 Å². The first-order valence-electron chi connectivity index (χ1n) is 21.3. The van der Waals surface area contributed by atoms with E-state index in [2.05, 4.69) is 226 Å². The summed E-state index contributed by atoms with van der Waals surface area (Å²) in [6.07, 6.45) is 0. The number of anilines is 3. The molecule has 5 nitrogen and oxygen atoms in total. The largest absolute Gasteiger partial charge is 0.307 e. The zero-order valence-electron chi connectivity index (χ0n) is 34.3. The summed E-state index contributed by atoms with van der Waals surface area (Å²) in [6, 6.07) is 84.1. The van der Waals surface area contributed by atoms with E-state index in [1.54, 1.807) is 0 Å². The van der Waals surface area contributed by atoms with Crippen LogP contribution in [0.5, 0.6) is 0 Å². The zero-order valence-corrected chi connectivity index (χ0v) is 34.3. The van der Waals surface area contributed by atoms with Crippen molar-refractivity contribution >= 4 is 60.7 Å². The molecular formula is C58H39N5. The molecule has 3 aromatic heterocycles. The monoisotopic (exact) mass is 805 g/mol. The lowest BCUT2D eigenvalue weighted by atomic mass is 10.0. The van der Waals surface area contributed by atoms with E-state index in [0.29, 0.717) is 5.82 Å². The van der Waals surface area contributed by atoms with Gasteiger partial charge in [0.25, 0.3) is 0 Å². The summed E-state index contributed by atoms with van der Waals surface area (Å²) >= 11 is 0. The van der Waals surface area contributed by atoms with Gasteiger partial charge in [0, 0.05) is 49.6 Å². The lowest BCUT2D eigenvalue weighted by Gasteiger charge is -2.31. The fraction of sp³-hybridized carbons (Fsp3) is 0. The molecule has 0 spiro atoms. The van der Waals surface area contributed by atoms with Gasteiger partial charge in [-0.3, -0.25) is 0 Å². The van der Waals surface area contributed by atoms with Crippen LogP contribution in [0.4, 0.5) is 17.1 Å². The van der Waals surface area contributed by atoms with Crippen molar-refractivity contribution in [3.63, 3.8) is 0 Å². The maximum absolute atomic E-state index is 5.44. The summed E-state index contributed by atoms with van der Waals surface area (Å²) < 4.78 is 4.91. The van der Waals surface area contributed by atoms with E-state index < -0.39 is 0 Å². The smallest absolute Gasteiger partial charge is 0.160 e. The molecular weight excluding hydrogens is 767 g/mol. The molecule has 9 aromatic carbocycles. The van der Waals surface area contributed by atoms with Gasteiger partial charge in [-0.2, -0.15) is 0 Å². The summed E-state index contributed by atoms with van der Waals surface area (Å²) in [7, 11) is 0. The first-order chi connectivity index (χ1) is 31.3. The van der Waals surface area contributed by atoms with Crippen LogP contribution < -0.4 is 4.90 Å². The lowest BCUT2D eigenvalue weighted by molar-refractivity contribution is 1.10. The normalized spacial score (nSPS) is 11.5. The third kappa shape index (κ3) is 6.17. The molecule has 0 unspecified atom stereocenters. The number of fused-ring (bicyclic) bond motifs is 6. The minimum atomic E-state index is 0.669. The number of nitrogens with zero attached hydrogens (tertiary/aromatic N) is 5. The Hall–Kier alpha value is -8.54. The summed E-state index contributed by atoms with van der Waals surface area (Å²) in [5.74, 6) is 0.669. The van der Waals surface area contributed by atoms with Gasteiger partial charge in [-0.05, 0) is 66.7 Å². The fourth-order valence-electron chi connectivity index (χ4n) is 9.32. The maximum Gasteiger partial charge on any atom is 0.160 e. The SMILES string of the molecule is c1ccc(-c2cc(-c3cc(-n4c5ccccc5c5ccccc54)c(N(c4ccccc4)c4ccccc4)c(-n4c5ccccc5c5ccccc54)c3)nc(-c3ccccc3)n2)cc1. The second-order valence-electron chi connectivity index (χ2n) is 15.8. The predicted octanol–water partition coefficient (Wildman–Crippen LogP) is 15.1. The number of rotatable bonds is 8. The van der Waals surface area contributed by atoms with Gasteiger partial charge in [-0.15, -0.1) is 0 Å². The van der Waals surface area contributed by atoms with Crippen LogP contribution in [0.3, 0.4) is 0 Å². The molecule has 63 heavy (non-hydrogen) atoms. The third-order valence-electron chi connectivity index (χ3n) is 12.1. The molecule has 12 aromatic rings. The zero-order chi connectivity index (χ0) is 41.7. The van der Waals surface area contributed by atoms with Crippen molar-refractivity contribution in [3.8, 4) is 45.3 Å². The Morgan fingerprint density at radius 1 is 0.302 bits per heavy atom. The third-order valence-corrected chi connectivity index (χ3v) is 12.1. The van der Waals surface area contributed by atoms with Crippen molar-refractivity contribution in [2.75, 3.05) is 4.90 Å². The summed E-state index contributed by atoms with van der Waals surface area (Å²) in [5.41, 5.74) is 14.2. The maximum atomic E-state index is 5.44. The van der Waals surface area contributed by atoms with Gasteiger partial charge in [0.2, 0.25) is 0 Å². The molecule has 0 saturated carbocycles. The Morgan fingerprint density at radius 2 is 0.635 bits per heavy atom. The highest BCUT2D eigenvalue weighted by molar-refractivity contribution is 6.12. The van der Waals surface area contributed by atoms with Gasteiger partial charge in [0.15, 0.2) is 5.82 Å². The van der Waals surface area contributed by atoms with E-state index in [9.17, 15) is 0 Å². The van der Waals surface area contributed by atoms with Gasteiger partial charge in [0.1, 0.15) is 0 Å². The van der Waals surface area contributed by atoms with Crippen LogP contribution in [-0.4, -0.2) is 19.1 Å². The Morgan fingerprint density at radius 3 is 1.05 bits per heavy atom. The van der Waals surface area contributed by atoms with E-state index in [1.165, 1.54) is 21.5 Å². The topological polar surface area (TPSA) is 38.9 Å². The van der Waals surface area contributed by atoms with Crippen molar-refractivity contribution in [2.45, 2.75) is 0 Å². The molecule has 0 bridgehead atoms. The fourth-order valence-corrected chi connectivity index (χ4v) is 9.32. The first-order valence-corrected chi connectivity index (χ1v) is 21.3. The van der Waals surface area contributed by atoms with Crippen molar-refractivity contribution < 1.29 is 0 Å². The molecule has 0 saturated heterocycles. The Balaban J connectivity index is 1.29. The van der Waals surface area contributed by atoms with Crippen LogP contribution in [-0.2, 0) is 0 Å². The van der Waals surface area contributed by atoms with Gasteiger partial charge < -0.3 is 14.0 Å². The molecule has 0 aliphatic heterocycles. The van der Waals surface area contributed by atoms with Crippen molar-refractivity contribution in [3.05, 3.63) is 237 Å². The molecule has 0 radical (unpaired) electrons. The van der Waals surface area contributed by atoms with E-state index in [1.807, 2.05) is 24.3 Å². The molecule has 0 fully saturated rings. The van der Waals surface area contributed by atoms with Gasteiger partial charge in [-0.1, -0.05) is 170 Å². The number of hydrogen-bond donors (Lipinski definition) is 0. The number of para-hydroxylation sites is 6. The average molecular weight is 806 g/mol. The molecule has 296 valence electrons. The quantitative estimate of drug-likeness (QED) is 0.154. The van der Waals surface area contributed by atoms with E-state index >= 15 is 0 Å². The van der Waals surface area contributed by atoms with E-state index in [0.717, 1.165) is 78.6 Å². The Kier molecular flexibility index (Phi) is 8.75. The average Bonchev–Trinajstić information content (AvgIpc) is 3.88. The lowest BCUT2D eigenvalue weighted by Crippen LogP contribution is -2.16. The predicted molar refractivity (Wildman–Crippen MR) is 262 cm³/mol. The summed E-state index contributed by atoms with van der Waals surface area (Å²) in [4.78, 5) is 13.1. The molecule has 0 aliphatic carbocycles. The van der Waals surface area contributed by atoms with Crippen LogP contribution >= 0.6 is 0 Å². The van der Waals surface area contributed by atoms with Crippen LogP contribution in [0.25, 0.3) is 88.9 Å². The Labute approximate surface area is 365 Å². The second kappa shape index (κ2) is 15.2. The Bertz CT molecular complexity index is 3270. The summed E-state index contributed by atoms with van der Waals surface area (Å²) in [6.45, 7) is 0. The molecule has 3 heterocycles. The highest BCUT2D eigenvalue weighted by Crippen LogP contribution is 2.48. The number of aromatic nitrogens is 4. The highest BCUT2D eigenvalue weighted by atomic mass is 15.2. The van der Waals surface area contributed by atoms with Gasteiger partial charge >= 0.3 is 0 Å². The minimum Gasteiger partial charge on any atom is -0.307 e. The van der Waals surface area contributed by atoms with Crippen molar-refractivity contribution in [2.24, 2.45) is 0 Å². The van der Waals surface area contributed by atoms with Crippen LogP contribution in [0.1, 0.15) is 0 Å². The highest BCUT2D eigenvalue weighted by Gasteiger charge is 2.28. The van der Waals surface area contributed by atoms with Crippen LogP contribution in [0, 0.1) is 0 Å². The van der Waals surface area contributed by atoms with Crippen LogP contribution in [0.15, 0.2) is 237 Å². The van der Waals surface area contributed by atoms with Crippen LogP contribution in [0.2, 0.25) is 0 Å². The minimum absolute atomic E-state index is 0.669. The van der Waals surface area contributed by atoms with Crippen molar-refractivity contribution in [1.82, 2.24) is 19.1 Å². The molecule has 0 amide bonds.